The first kappa shape index (κ1) is 14.6. The van der Waals surface area contributed by atoms with Gasteiger partial charge in [0, 0.05) is 10.9 Å². The van der Waals surface area contributed by atoms with Crippen LogP contribution in [0.1, 0.15) is 10.4 Å². The molecule has 2 heterocycles. The van der Waals surface area contributed by atoms with Crippen molar-refractivity contribution < 1.29 is 4.79 Å². The molecule has 0 atom stereocenters. The van der Waals surface area contributed by atoms with Gasteiger partial charge in [0.05, 0.1) is 12.3 Å². The van der Waals surface area contributed by atoms with Gasteiger partial charge < -0.3 is 16.8 Å². The number of hydrogen-bond donors (Lipinski definition) is 3. The number of thiophene rings is 1. The summed E-state index contributed by atoms with van der Waals surface area (Å²) in [5.74, 6) is 0.754. The molecule has 0 spiro atoms. The molecule has 8 heteroatoms. The van der Waals surface area contributed by atoms with E-state index in [1.54, 1.807) is 11.3 Å². The quantitative estimate of drug-likeness (QED) is 0.569. The van der Waals surface area contributed by atoms with E-state index < -0.39 is 0 Å². The van der Waals surface area contributed by atoms with Crippen LogP contribution in [0.15, 0.2) is 22.7 Å². The summed E-state index contributed by atoms with van der Waals surface area (Å²) >= 11 is 2.84. The van der Waals surface area contributed by atoms with Gasteiger partial charge in [-0.2, -0.15) is 0 Å². The van der Waals surface area contributed by atoms with Gasteiger partial charge in [-0.05, 0) is 23.9 Å². The number of nitrogen functional groups attached to an aromatic ring is 2. The fraction of sp³-hybridized carbons (Fsp3) is 0.250. The monoisotopic (exact) mass is 309 g/mol. The van der Waals surface area contributed by atoms with E-state index >= 15 is 0 Å². The second-order valence-corrected chi connectivity index (χ2v) is 6.04. The molecule has 0 fully saturated rings. The Morgan fingerprint density at radius 1 is 1.40 bits per heavy atom. The third-order valence-electron chi connectivity index (χ3n) is 2.49. The van der Waals surface area contributed by atoms with Gasteiger partial charge >= 0.3 is 0 Å². The molecule has 0 aromatic carbocycles. The maximum Gasteiger partial charge on any atom is 0.230 e. The molecule has 20 heavy (non-hydrogen) atoms. The van der Waals surface area contributed by atoms with Crippen LogP contribution in [0.5, 0.6) is 0 Å². The Labute approximate surface area is 125 Å². The largest absolute Gasteiger partial charge is 0.383 e. The highest BCUT2D eigenvalue weighted by Gasteiger charge is 2.07. The zero-order valence-electron chi connectivity index (χ0n) is 10.9. The average Bonchev–Trinajstić information content (AvgIpc) is 2.78. The molecule has 106 valence electrons. The van der Waals surface area contributed by atoms with E-state index in [1.165, 1.54) is 23.4 Å². The molecule has 2 aromatic heterocycles. The van der Waals surface area contributed by atoms with Gasteiger partial charge in [-0.15, -0.1) is 11.3 Å². The number of nitrogens with zero attached hydrogens (tertiary/aromatic N) is 2. The number of nitrogens with one attached hydrogen (secondary N) is 1. The standard InChI is InChI=1S/C12H15N5OS2/c1-7-2-3-19-8(7)5-15-11(18)6-20-12-16-9(13)4-10(14)17-12/h2-4H,5-6H2,1H3,(H,15,18)(H4,13,14,16,17). The van der Waals surface area contributed by atoms with E-state index in [2.05, 4.69) is 15.3 Å². The number of carbonyl (C=O) groups excluding carboxylic acids is 1. The maximum absolute atomic E-state index is 11.7. The number of nitrogens with two attached hydrogens (primary N) is 2. The molecule has 1 amide bonds. The lowest BCUT2D eigenvalue weighted by atomic mass is 10.3. The Kier molecular flexibility index (Phi) is 4.80. The lowest BCUT2D eigenvalue weighted by molar-refractivity contribution is -0.118. The van der Waals surface area contributed by atoms with Gasteiger partial charge in [-0.25, -0.2) is 9.97 Å². The first-order valence-electron chi connectivity index (χ1n) is 5.87. The van der Waals surface area contributed by atoms with Crippen LogP contribution in [-0.4, -0.2) is 21.6 Å². The van der Waals surface area contributed by atoms with Crippen LogP contribution >= 0.6 is 23.1 Å². The molecule has 0 bridgehead atoms. The molecule has 0 aliphatic carbocycles. The van der Waals surface area contributed by atoms with Crippen molar-refractivity contribution in [3.8, 4) is 0 Å². The minimum absolute atomic E-state index is 0.0765. The van der Waals surface area contributed by atoms with Crippen LogP contribution in [0, 0.1) is 6.92 Å². The Hall–Kier alpha value is -1.80. The first-order chi connectivity index (χ1) is 9.54. The maximum atomic E-state index is 11.7. The first-order valence-corrected chi connectivity index (χ1v) is 7.73. The molecule has 2 aromatic rings. The molecule has 0 radical (unpaired) electrons. The molecule has 6 nitrogen and oxygen atoms in total. The predicted molar refractivity (Wildman–Crippen MR) is 82.5 cm³/mol. The highest BCUT2D eigenvalue weighted by molar-refractivity contribution is 7.99. The fourth-order valence-electron chi connectivity index (χ4n) is 1.47. The van der Waals surface area contributed by atoms with Gasteiger partial charge in [0.2, 0.25) is 5.91 Å². The van der Waals surface area contributed by atoms with Gasteiger partial charge in [-0.3, -0.25) is 4.79 Å². The Morgan fingerprint density at radius 2 is 2.10 bits per heavy atom. The highest BCUT2D eigenvalue weighted by Crippen LogP contribution is 2.17. The second kappa shape index (κ2) is 6.58. The minimum atomic E-state index is -0.0765. The number of aryl methyl sites for hydroxylation is 1. The summed E-state index contributed by atoms with van der Waals surface area (Å²) < 4.78 is 0. The Bertz CT molecular complexity index is 593. The molecule has 0 saturated heterocycles. The lowest BCUT2D eigenvalue weighted by Gasteiger charge is -2.05. The summed E-state index contributed by atoms with van der Waals surface area (Å²) in [6.07, 6.45) is 0. The number of aromatic nitrogens is 2. The van der Waals surface area contributed by atoms with Crippen LogP contribution < -0.4 is 16.8 Å². The molecule has 0 unspecified atom stereocenters. The molecule has 0 aliphatic heterocycles. The van der Waals surface area contributed by atoms with E-state index in [4.69, 9.17) is 11.5 Å². The summed E-state index contributed by atoms with van der Waals surface area (Å²) in [6, 6.07) is 3.51. The predicted octanol–water partition coefficient (Wildman–Crippen LogP) is 1.42. The van der Waals surface area contributed by atoms with E-state index in [0.29, 0.717) is 23.3 Å². The van der Waals surface area contributed by atoms with Gasteiger partial charge in [0.15, 0.2) is 5.16 Å². The molecule has 2 rings (SSSR count). The molecule has 5 N–H and O–H groups in total. The van der Waals surface area contributed by atoms with Crippen LogP contribution in [0.4, 0.5) is 11.6 Å². The van der Waals surface area contributed by atoms with E-state index in [-0.39, 0.29) is 11.7 Å². The number of carbonyl (C=O) groups is 1. The van der Waals surface area contributed by atoms with Gasteiger partial charge in [-0.1, -0.05) is 11.8 Å². The number of rotatable bonds is 5. The van der Waals surface area contributed by atoms with E-state index in [1.807, 2.05) is 18.4 Å². The smallest absolute Gasteiger partial charge is 0.230 e. The van der Waals surface area contributed by atoms with Crippen LogP contribution in [-0.2, 0) is 11.3 Å². The zero-order valence-corrected chi connectivity index (χ0v) is 12.6. The summed E-state index contributed by atoms with van der Waals surface area (Å²) in [5, 5.41) is 5.27. The van der Waals surface area contributed by atoms with Crippen molar-refractivity contribution in [3.05, 3.63) is 28.0 Å². The van der Waals surface area contributed by atoms with Crippen molar-refractivity contribution in [2.24, 2.45) is 0 Å². The number of amides is 1. The fourth-order valence-corrected chi connectivity index (χ4v) is 3.02. The number of anilines is 2. The van der Waals surface area contributed by atoms with E-state index in [9.17, 15) is 4.79 Å². The van der Waals surface area contributed by atoms with Gasteiger partial charge in [0.25, 0.3) is 0 Å². The van der Waals surface area contributed by atoms with Crippen molar-refractivity contribution in [1.82, 2.24) is 15.3 Å². The van der Waals surface area contributed by atoms with Crippen molar-refractivity contribution in [3.63, 3.8) is 0 Å². The van der Waals surface area contributed by atoms with Crippen LogP contribution in [0.25, 0.3) is 0 Å². The molecular weight excluding hydrogens is 294 g/mol. The third-order valence-corrected chi connectivity index (χ3v) is 4.36. The topological polar surface area (TPSA) is 107 Å². The summed E-state index contributed by atoms with van der Waals surface area (Å²) in [4.78, 5) is 20.9. The van der Waals surface area contributed by atoms with Gasteiger partial charge in [0.1, 0.15) is 11.6 Å². The van der Waals surface area contributed by atoms with Crippen LogP contribution in [0.2, 0.25) is 0 Å². The SMILES string of the molecule is Cc1ccsc1CNC(=O)CSc1nc(N)cc(N)n1. The van der Waals surface area contributed by atoms with Crippen molar-refractivity contribution in [2.75, 3.05) is 17.2 Å². The van der Waals surface area contributed by atoms with Crippen molar-refractivity contribution in [1.29, 1.82) is 0 Å². The minimum Gasteiger partial charge on any atom is -0.383 e. The van der Waals surface area contributed by atoms with Crippen molar-refractivity contribution >= 4 is 40.6 Å². The number of thioether (sulfide) groups is 1. The van der Waals surface area contributed by atoms with E-state index in [0.717, 1.165) is 4.88 Å². The second-order valence-electron chi connectivity index (χ2n) is 4.09. The van der Waals surface area contributed by atoms with Crippen molar-refractivity contribution in [2.45, 2.75) is 18.6 Å². The summed E-state index contributed by atoms with van der Waals surface area (Å²) in [7, 11) is 0. The molecule has 0 aliphatic rings. The molecule has 0 saturated carbocycles. The molecular formula is C12H15N5OS2. The Balaban J connectivity index is 1.82. The highest BCUT2D eigenvalue weighted by atomic mass is 32.2. The van der Waals surface area contributed by atoms with Crippen LogP contribution in [0.3, 0.4) is 0 Å². The number of hydrogen-bond acceptors (Lipinski definition) is 7. The zero-order chi connectivity index (χ0) is 14.5. The summed E-state index contributed by atoms with van der Waals surface area (Å²) in [6.45, 7) is 2.57. The third kappa shape index (κ3) is 4.10. The average molecular weight is 309 g/mol. The summed E-state index contributed by atoms with van der Waals surface area (Å²) in [5.41, 5.74) is 12.3. The lowest BCUT2D eigenvalue weighted by Crippen LogP contribution is -2.24. The Morgan fingerprint density at radius 3 is 2.70 bits per heavy atom. The normalized spacial score (nSPS) is 10.4.